The zero-order chi connectivity index (χ0) is 15.0. The molecule has 2 heterocycles. The first kappa shape index (κ1) is 13.5. The number of rotatable bonds is 3. The molecule has 0 unspecified atom stereocenters. The van der Waals surface area contributed by atoms with Crippen molar-refractivity contribution in [2.75, 3.05) is 18.5 Å². The Balaban J connectivity index is 1.81. The van der Waals surface area contributed by atoms with Gasteiger partial charge in [0.05, 0.1) is 0 Å². The lowest BCUT2D eigenvalue weighted by Crippen LogP contribution is -2.22. The Labute approximate surface area is 119 Å². The lowest BCUT2D eigenvalue weighted by atomic mass is 10.2. The van der Waals surface area contributed by atoms with E-state index in [9.17, 15) is 13.6 Å². The van der Waals surface area contributed by atoms with Gasteiger partial charge in [0.15, 0.2) is 0 Å². The van der Waals surface area contributed by atoms with Crippen molar-refractivity contribution in [3.8, 4) is 5.88 Å². The van der Waals surface area contributed by atoms with E-state index in [1.807, 2.05) is 11.9 Å². The lowest BCUT2D eigenvalue weighted by Gasteiger charge is -2.12. The molecule has 3 rings (SSSR count). The van der Waals surface area contributed by atoms with Gasteiger partial charge in [0.1, 0.15) is 24.1 Å². The number of halogens is 2. The highest BCUT2D eigenvalue weighted by Crippen LogP contribution is 2.21. The summed E-state index contributed by atoms with van der Waals surface area (Å²) in [5, 5.41) is 0. The number of aromatic nitrogens is 2. The summed E-state index contributed by atoms with van der Waals surface area (Å²) in [6.45, 7) is 1.20. The average Bonchev–Trinajstić information content (AvgIpc) is 2.80. The Morgan fingerprint density at radius 1 is 1.29 bits per heavy atom. The molecule has 0 bridgehead atoms. The number of ether oxygens (including phenoxy) is 1. The highest BCUT2D eigenvalue weighted by atomic mass is 19.1. The van der Waals surface area contributed by atoms with E-state index < -0.39 is 17.3 Å². The van der Waals surface area contributed by atoms with Gasteiger partial charge in [0, 0.05) is 37.8 Å². The van der Waals surface area contributed by atoms with Gasteiger partial charge in [-0.15, -0.1) is 0 Å². The molecule has 1 aromatic heterocycles. The molecular weight excluding hydrogens is 280 g/mol. The van der Waals surface area contributed by atoms with Gasteiger partial charge in [-0.25, -0.2) is 13.6 Å². The van der Waals surface area contributed by atoms with Gasteiger partial charge >= 0.3 is 5.69 Å². The number of hydrogen-bond acceptors (Lipinski definition) is 4. The summed E-state index contributed by atoms with van der Waals surface area (Å²) in [6, 6.07) is 4.88. The van der Waals surface area contributed by atoms with E-state index in [4.69, 9.17) is 4.74 Å². The minimum absolute atomic E-state index is 0.119. The van der Waals surface area contributed by atoms with Crippen LogP contribution in [0.15, 0.2) is 29.1 Å². The Hall–Kier alpha value is -2.44. The highest BCUT2D eigenvalue weighted by molar-refractivity contribution is 5.44. The molecule has 0 radical (unpaired) electrons. The fourth-order valence-electron chi connectivity index (χ4n) is 2.23. The molecule has 0 N–H and O–H groups in total. The fourth-order valence-corrected chi connectivity index (χ4v) is 2.23. The zero-order valence-corrected chi connectivity index (χ0v) is 11.3. The summed E-state index contributed by atoms with van der Waals surface area (Å²) in [5.41, 5.74) is -0.196. The predicted molar refractivity (Wildman–Crippen MR) is 72.5 cm³/mol. The van der Waals surface area contributed by atoms with E-state index in [-0.39, 0.29) is 18.1 Å². The summed E-state index contributed by atoms with van der Waals surface area (Å²) in [4.78, 5) is 17.5. The lowest BCUT2D eigenvalue weighted by molar-refractivity contribution is 0.285. The molecule has 7 heteroatoms. The molecule has 0 atom stereocenters. The molecule has 1 aliphatic rings. The summed E-state index contributed by atoms with van der Waals surface area (Å²) >= 11 is 0. The molecule has 21 heavy (non-hydrogen) atoms. The maximum absolute atomic E-state index is 13.5. The second-order valence-electron chi connectivity index (χ2n) is 4.83. The monoisotopic (exact) mass is 293 g/mol. The number of anilines is 1. The molecule has 5 nitrogen and oxygen atoms in total. The smallest absolute Gasteiger partial charge is 0.352 e. The standard InChI is InChI=1S/C14H13F2N3O2/c1-18-4-5-19-13(18)7-12(17-14(19)20)21-8-9-2-3-10(15)6-11(9)16/h2-3,6-7H,4-5,8H2,1H3. The van der Waals surface area contributed by atoms with Gasteiger partial charge in [-0.05, 0) is 12.1 Å². The average molecular weight is 293 g/mol. The maximum Gasteiger partial charge on any atom is 0.352 e. The van der Waals surface area contributed by atoms with E-state index in [1.165, 1.54) is 6.07 Å². The van der Waals surface area contributed by atoms with Gasteiger partial charge in [-0.3, -0.25) is 4.57 Å². The molecule has 0 saturated carbocycles. The normalized spacial score (nSPS) is 13.4. The third-order valence-electron chi connectivity index (χ3n) is 3.41. The van der Waals surface area contributed by atoms with E-state index >= 15 is 0 Å². The Morgan fingerprint density at radius 2 is 2.10 bits per heavy atom. The first-order chi connectivity index (χ1) is 10.0. The van der Waals surface area contributed by atoms with Crippen LogP contribution in [0.25, 0.3) is 0 Å². The van der Waals surface area contributed by atoms with Crippen LogP contribution in [0.2, 0.25) is 0 Å². The summed E-state index contributed by atoms with van der Waals surface area (Å²) < 4.78 is 33.2. The largest absolute Gasteiger partial charge is 0.472 e. The van der Waals surface area contributed by atoms with Crippen LogP contribution in [0.1, 0.15) is 5.56 Å². The molecule has 0 spiro atoms. The van der Waals surface area contributed by atoms with Crippen LogP contribution in [0, 0.1) is 11.6 Å². The second kappa shape index (κ2) is 5.16. The minimum atomic E-state index is -0.690. The fraction of sp³-hybridized carbons (Fsp3) is 0.286. The summed E-state index contributed by atoms with van der Waals surface area (Å²) in [5.74, 6) is -0.495. The first-order valence-corrected chi connectivity index (χ1v) is 6.44. The van der Waals surface area contributed by atoms with Gasteiger partial charge in [-0.1, -0.05) is 0 Å². The molecule has 1 aliphatic heterocycles. The van der Waals surface area contributed by atoms with Gasteiger partial charge in [0.25, 0.3) is 0 Å². The molecule has 0 fully saturated rings. The topological polar surface area (TPSA) is 47.4 Å². The molecule has 2 aromatic rings. The van der Waals surface area contributed by atoms with Gasteiger partial charge in [0.2, 0.25) is 5.88 Å². The van der Waals surface area contributed by atoms with E-state index in [1.54, 1.807) is 10.6 Å². The highest BCUT2D eigenvalue weighted by Gasteiger charge is 2.19. The van der Waals surface area contributed by atoms with Crippen molar-refractivity contribution in [1.29, 1.82) is 0 Å². The number of fused-ring (bicyclic) bond motifs is 1. The predicted octanol–water partition coefficient (Wildman–Crippen LogP) is 1.55. The Morgan fingerprint density at radius 3 is 2.86 bits per heavy atom. The van der Waals surface area contributed by atoms with Crippen molar-refractivity contribution < 1.29 is 13.5 Å². The van der Waals surface area contributed by atoms with Crippen LogP contribution in [0.3, 0.4) is 0 Å². The molecular formula is C14H13F2N3O2. The van der Waals surface area contributed by atoms with Crippen LogP contribution in [0.5, 0.6) is 5.88 Å². The molecule has 0 aliphatic carbocycles. The van der Waals surface area contributed by atoms with Crippen molar-refractivity contribution in [3.05, 3.63) is 51.9 Å². The molecule has 1 aromatic carbocycles. The summed E-state index contributed by atoms with van der Waals surface area (Å²) in [7, 11) is 1.86. The minimum Gasteiger partial charge on any atom is -0.472 e. The van der Waals surface area contributed by atoms with Crippen molar-refractivity contribution in [2.24, 2.45) is 0 Å². The van der Waals surface area contributed by atoms with E-state index in [2.05, 4.69) is 4.98 Å². The molecule has 0 amide bonds. The third kappa shape index (κ3) is 2.58. The van der Waals surface area contributed by atoms with Crippen molar-refractivity contribution in [3.63, 3.8) is 0 Å². The number of benzene rings is 1. The first-order valence-electron chi connectivity index (χ1n) is 6.44. The Bertz CT molecular complexity index is 745. The zero-order valence-electron chi connectivity index (χ0n) is 11.3. The number of nitrogens with zero attached hydrogens (tertiary/aromatic N) is 3. The van der Waals surface area contributed by atoms with Crippen molar-refractivity contribution in [2.45, 2.75) is 13.2 Å². The van der Waals surface area contributed by atoms with Crippen LogP contribution < -0.4 is 15.3 Å². The molecule has 0 saturated heterocycles. The van der Waals surface area contributed by atoms with Crippen molar-refractivity contribution >= 4 is 5.82 Å². The van der Waals surface area contributed by atoms with Crippen LogP contribution in [-0.4, -0.2) is 23.1 Å². The van der Waals surface area contributed by atoms with Crippen LogP contribution >= 0.6 is 0 Å². The third-order valence-corrected chi connectivity index (χ3v) is 3.41. The second-order valence-corrected chi connectivity index (χ2v) is 4.83. The van der Waals surface area contributed by atoms with Crippen LogP contribution in [0.4, 0.5) is 14.6 Å². The number of hydrogen-bond donors (Lipinski definition) is 0. The Kier molecular flexibility index (Phi) is 3.32. The molecule has 110 valence electrons. The van der Waals surface area contributed by atoms with E-state index in [0.717, 1.165) is 18.7 Å². The summed E-state index contributed by atoms with van der Waals surface area (Å²) in [6.07, 6.45) is 0. The quantitative estimate of drug-likeness (QED) is 0.861. The van der Waals surface area contributed by atoms with Crippen LogP contribution in [-0.2, 0) is 13.2 Å². The number of likely N-dealkylation sites (N-methyl/N-ethyl adjacent to an activating group) is 1. The van der Waals surface area contributed by atoms with Gasteiger partial charge < -0.3 is 9.64 Å². The van der Waals surface area contributed by atoms with Crippen molar-refractivity contribution in [1.82, 2.24) is 9.55 Å². The van der Waals surface area contributed by atoms with E-state index in [0.29, 0.717) is 12.4 Å². The SMILES string of the molecule is CN1CCn2c1cc(OCc1ccc(F)cc1F)nc2=O. The van der Waals surface area contributed by atoms with Gasteiger partial charge in [-0.2, -0.15) is 4.98 Å². The maximum atomic E-state index is 13.5.